The summed E-state index contributed by atoms with van der Waals surface area (Å²) in [7, 11) is 0. The van der Waals surface area contributed by atoms with Crippen LogP contribution >= 0.6 is 11.3 Å². The van der Waals surface area contributed by atoms with E-state index in [1.807, 2.05) is 38.1 Å². The van der Waals surface area contributed by atoms with Crippen molar-refractivity contribution in [3.63, 3.8) is 0 Å². The fourth-order valence-electron chi connectivity index (χ4n) is 2.07. The van der Waals surface area contributed by atoms with Crippen molar-refractivity contribution >= 4 is 22.4 Å². The van der Waals surface area contributed by atoms with Crippen LogP contribution in [0.1, 0.15) is 20.3 Å². The monoisotopic (exact) mass is 327 g/mol. The zero-order valence-corrected chi connectivity index (χ0v) is 13.8. The van der Waals surface area contributed by atoms with Crippen molar-refractivity contribution in [1.29, 1.82) is 0 Å². The predicted molar refractivity (Wildman–Crippen MR) is 91.1 cm³/mol. The molecule has 118 valence electrons. The van der Waals surface area contributed by atoms with Gasteiger partial charge in [-0.05, 0) is 36.2 Å². The van der Waals surface area contributed by atoms with E-state index in [0.717, 1.165) is 22.6 Å². The molecule has 0 saturated carbocycles. The molecule has 0 fully saturated rings. The number of nitrogens with one attached hydrogen (secondary N) is 1. The number of carbonyl (C=O) groups excluding carboxylic acids is 1. The summed E-state index contributed by atoms with van der Waals surface area (Å²) in [5.41, 5.74) is 1.72. The van der Waals surface area contributed by atoms with E-state index in [1.54, 1.807) is 18.7 Å². The number of hydrogen-bond donors (Lipinski definition) is 1. The van der Waals surface area contributed by atoms with Crippen molar-refractivity contribution in [2.24, 2.45) is 5.92 Å². The number of pyridine rings is 1. The van der Waals surface area contributed by atoms with Gasteiger partial charge < -0.3 is 9.73 Å². The van der Waals surface area contributed by atoms with E-state index in [-0.39, 0.29) is 11.8 Å². The number of thiazole rings is 1. The molecule has 6 heteroatoms. The average Bonchev–Trinajstić information content (AvgIpc) is 3.24. The Kier molecular flexibility index (Phi) is 4.52. The van der Waals surface area contributed by atoms with Crippen LogP contribution in [0.15, 0.2) is 47.3 Å². The number of aromatic nitrogens is 2. The van der Waals surface area contributed by atoms with Gasteiger partial charge in [0.25, 0.3) is 0 Å². The fraction of sp³-hybridized carbons (Fsp3) is 0.235. The van der Waals surface area contributed by atoms with Gasteiger partial charge in [-0.25, -0.2) is 4.98 Å². The highest BCUT2D eigenvalue weighted by Gasteiger charge is 2.19. The van der Waals surface area contributed by atoms with Gasteiger partial charge in [0, 0.05) is 18.3 Å². The highest BCUT2D eigenvalue weighted by molar-refractivity contribution is 7.19. The van der Waals surface area contributed by atoms with Gasteiger partial charge in [-0.15, -0.1) is 0 Å². The van der Waals surface area contributed by atoms with E-state index in [0.29, 0.717) is 10.9 Å². The smallest absolute Gasteiger partial charge is 0.228 e. The predicted octanol–water partition coefficient (Wildman–Crippen LogP) is 4.45. The Hall–Kier alpha value is -2.47. The first-order valence-electron chi connectivity index (χ1n) is 7.45. The van der Waals surface area contributed by atoms with Crippen LogP contribution < -0.4 is 5.32 Å². The third-order valence-corrected chi connectivity index (χ3v) is 4.63. The van der Waals surface area contributed by atoms with Crippen molar-refractivity contribution < 1.29 is 9.21 Å². The standard InChI is InChI=1S/C17H17N3O2S/c1-3-11(2)16(21)20-17-19-14(13-5-4-10-22-13)15(23-17)12-6-8-18-9-7-12/h4-11H,3H2,1-2H3,(H,19,20,21)/t11-/m0/s1. The second kappa shape index (κ2) is 6.75. The molecule has 0 aliphatic carbocycles. The second-order valence-corrected chi connectivity index (χ2v) is 6.21. The molecule has 0 aliphatic heterocycles. The summed E-state index contributed by atoms with van der Waals surface area (Å²) in [6, 6.07) is 7.52. The number of amides is 1. The minimum Gasteiger partial charge on any atom is -0.463 e. The highest BCUT2D eigenvalue weighted by Crippen LogP contribution is 2.39. The van der Waals surface area contributed by atoms with E-state index in [1.165, 1.54) is 11.3 Å². The molecule has 0 saturated heterocycles. The number of rotatable bonds is 5. The molecule has 5 nitrogen and oxygen atoms in total. The molecule has 0 spiro atoms. The largest absolute Gasteiger partial charge is 0.463 e. The van der Waals surface area contributed by atoms with Gasteiger partial charge in [-0.2, -0.15) is 0 Å². The minimum absolute atomic E-state index is 0.0199. The molecule has 3 aromatic rings. The maximum atomic E-state index is 12.1. The Labute approximate surface area is 138 Å². The molecule has 1 atom stereocenters. The molecule has 0 bridgehead atoms. The second-order valence-electron chi connectivity index (χ2n) is 5.21. The van der Waals surface area contributed by atoms with Gasteiger partial charge in [0.15, 0.2) is 10.9 Å². The third-order valence-electron chi connectivity index (χ3n) is 3.61. The zero-order valence-electron chi connectivity index (χ0n) is 12.9. The van der Waals surface area contributed by atoms with Gasteiger partial charge >= 0.3 is 0 Å². The van der Waals surface area contributed by atoms with Crippen LogP contribution in [0.3, 0.4) is 0 Å². The Balaban J connectivity index is 1.99. The van der Waals surface area contributed by atoms with Crippen LogP contribution in [-0.2, 0) is 4.79 Å². The quantitative estimate of drug-likeness (QED) is 0.751. The summed E-state index contributed by atoms with van der Waals surface area (Å²) in [6.45, 7) is 3.89. The summed E-state index contributed by atoms with van der Waals surface area (Å²) in [4.78, 5) is 21.7. The fourth-order valence-corrected chi connectivity index (χ4v) is 3.05. The zero-order chi connectivity index (χ0) is 16.2. The maximum Gasteiger partial charge on any atom is 0.228 e. The lowest BCUT2D eigenvalue weighted by molar-refractivity contribution is -0.119. The summed E-state index contributed by atoms with van der Waals surface area (Å²) < 4.78 is 5.48. The number of hydrogen-bond acceptors (Lipinski definition) is 5. The van der Waals surface area contributed by atoms with E-state index in [9.17, 15) is 4.79 Å². The van der Waals surface area contributed by atoms with Gasteiger partial charge in [-0.1, -0.05) is 25.2 Å². The molecule has 3 aromatic heterocycles. The number of furan rings is 1. The Bertz CT molecular complexity index is 782. The van der Waals surface area contributed by atoms with Crippen molar-refractivity contribution in [2.75, 3.05) is 5.32 Å². The van der Waals surface area contributed by atoms with Gasteiger partial charge in [0.05, 0.1) is 11.1 Å². The lowest BCUT2D eigenvalue weighted by Crippen LogP contribution is -2.19. The number of nitrogens with zero attached hydrogens (tertiary/aromatic N) is 2. The van der Waals surface area contributed by atoms with Crippen molar-refractivity contribution in [3.05, 3.63) is 42.9 Å². The Morgan fingerprint density at radius 2 is 2.13 bits per heavy atom. The van der Waals surface area contributed by atoms with Gasteiger partial charge in [0.2, 0.25) is 5.91 Å². The molecular weight excluding hydrogens is 310 g/mol. The third kappa shape index (κ3) is 3.32. The first kappa shape index (κ1) is 15.4. The molecule has 23 heavy (non-hydrogen) atoms. The van der Waals surface area contributed by atoms with Crippen LogP contribution in [0.4, 0.5) is 5.13 Å². The van der Waals surface area contributed by atoms with Gasteiger partial charge in [0.1, 0.15) is 5.69 Å². The Morgan fingerprint density at radius 3 is 2.78 bits per heavy atom. The van der Waals surface area contributed by atoms with Gasteiger partial charge in [-0.3, -0.25) is 9.78 Å². The van der Waals surface area contributed by atoms with Crippen molar-refractivity contribution in [1.82, 2.24) is 9.97 Å². The first-order valence-corrected chi connectivity index (χ1v) is 8.26. The van der Waals surface area contributed by atoms with Crippen LogP contribution in [0.2, 0.25) is 0 Å². The van der Waals surface area contributed by atoms with E-state index in [2.05, 4.69) is 15.3 Å². The van der Waals surface area contributed by atoms with Crippen LogP contribution in [0, 0.1) is 5.92 Å². The molecular formula is C17H17N3O2S. The normalized spacial score (nSPS) is 12.1. The molecule has 1 N–H and O–H groups in total. The van der Waals surface area contributed by atoms with E-state index >= 15 is 0 Å². The molecule has 3 rings (SSSR count). The maximum absolute atomic E-state index is 12.1. The topological polar surface area (TPSA) is 68.0 Å². The Morgan fingerprint density at radius 1 is 1.35 bits per heavy atom. The van der Waals surface area contributed by atoms with Crippen molar-refractivity contribution in [3.8, 4) is 21.9 Å². The summed E-state index contributed by atoms with van der Waals surface area (Å²) >= 11 is 1.44. The first-order chi connectivity index (χ1) is 11.2. The summed E-state index contributed by atoms with van der Waals surface area (Å²) in [6.07, 6.45) is 5.87. The van der Waals surface area contributed by atoms with Crippen LogP contribution in [0.25, 0.3) is 21.9 Å². The summed E-state index contributed by atoms with van der Waals surface area (Å²) in [5.74, 6) is 0.612. The van der Waals surface area contributed by atoms with E-state index in [4.69, 9.17) is 4.42 Å². The highest BCUT2D eigenvalue weighted by atomic mass is 32.1. The number of anilines is 1. The lowest BCUT2D eigenvalue weighted by atomic mass is 10.1. The number of carbonyl (C=O) groups is 1. The molecule has 0 unspecified atom stereocenters. The van der Waals surface area contributed by atoms with Crippen LogP contribution in [-0.4, -0.2) is 15.9 Å². The SMILES string of the molecule is CC[C@H](C)C(=O)Nc1nc(-c2ccco2)c(-c2ccncc2)s1. The average molecular weight is 327 g/mol. The van der Waals surface area contributed by atoms with Crippen molar-refractivity contribution in [2.45, 2.75) is 20.3 Å². The van der Waals surface area contributed by atoms with Crippen LogP contribution in [0.5, 0.6) is 0 Å². The molecule has 1 amide bonds. The molecule has 0 aliphatic rings. The molecule has 0 aromatic carbocycles. The lowest BCUT2D eigenvalue weighted by Gasteiger charge is -2.06. The molecule has 3 heterocycles. The summed E-state index contributed by atoms with van der Waals surface area (Å²) in [5, 5.41) is 3.47. The van der Waals surface area contributed by atoms with E-state index < -0.39 is 0 Å². The molecule has 0 radical (unpaired) electrons. The minimum atomic E-state index is -0.0460.